The zero-order valence-corrected chi connectivity index (χ0v) is 17.1. The van der Waals surface area contributed by atoms with Gasteiger partial charge in [-0.25, -0.2) is 9.78 Å². The Morgan fingerprint density at radius 2 is 1.90 bits per heavy atom. The van der Waals surface area contributed by atoms with Gasteiger partial charge in [-0.2, -0.15) is 0 Å². The summed E-state index contributed by atoms with van der Waals surface area (Å²) < 4.78 is 16.8. The first-order chi connectivity index (χ1) is 14.5. The molecule has 0 bridgehead atoms. The molecule has 154 valence electrons. The molecular formula is C23H23N3O4. The Balaban J connectivity index is 1.79. The smallest absolute Gasteiger partial charge is 0.414 e. The minimum absolute atomic E-state index is 0.0436. The molecule has 4 rings (SSSR count). The molecule has 0 saturated heterocycles. The lowest BCUT2D eigenvalue weighted by Gasteiger charge is -2.12. The molecule has 2 aromatic heterocycles. The van der Waals surface area contributed by atoms with E-state index in [0.717, 1.165) is 27.6 Å². The summed E-state index contributed by atoms with van der Waals surface area (Å²) in [4.78, 5) is 19.8. The van der Waals surface area contributed by atoms with E-state index in [1.165, 1.54) is 0 Å². The van der Waals surface area contributed by atoms with E-state index in [0.29, 0.717) is 11.3 Å². The summed E-state index contributed by atoms with van der Waals surface area (Å²) in [5, 5.41) is 4.52. The van der Waals surface area contributed by atoms with Gasteiger partial charge in [0.05, 0.1) is 23.9 Å². The number of ether oxygens (including phenoxy) is 3. The fourth-order valence-corrected chi connectivity index (χ4v) is 3.33. The van der Waals surface area contributed by atoms with E-state index >= 15 is 0 Å². The molecule has 0 radical (unpaired) electrons. The molecule has 4 aromatic rings. The molecule has 0 atom stereocenters. The molecule has 0 aliphatic heterocycles. The number of rotatable bonds is 6. The Morgan fingerprint density at radius 1 is 1.10 bits per heavy atom. The Hall–Kier alpha value is -3.58. The fourth-order valence-electron chi connectivity index (χ4n) is 3.33. The summed E-state index contributed by atoms with van der Waals surface area (Å²) in [6, 6.07) is 15.4. The van der Waals surface area contributed by atoms with Gasteiger partial charge >= 0.3 is 6.09 Å². The van der Waals surface area contributed by atoms with Crippen molar-refractivity contribution in [2.75, 3.05) is 7.11 Å². The van der Waals surface area contributed by atoms with Crippen molar-refractivity contribution in [3.05, 3.63) is 60.3 Å². The van der Waals surface area contributed by atoms with Crippen molar-refractivity contribution in [3.63, 3.8) is 0 Å². The molecule has 7 heteroatoms. The minimum Gasteiger partial charge on any atom is -0.457 e. The van der Waals surface area contributed by atoms with Gasteiger partial charge in [0.15, 0.2) is 0 Å². The first-order valence-corrected chi connectivity index (χ1v) is 9.68. The van der Waals surface area contributed by atoms with Crippen molar-refractivity contribution in [1.82, 2.24) is 15.3 Å². The third-order valence-corrected chi connectivity index (χ3v) is 4.53. The van der Waals surface area contributed by atoms with Crippen LogP contribution in [0.2, 0.25) is 0 Å². The van der Waals surface area contributed by atoms with Gasteiger partial charge in [-0.05, 0) is 44.2 Å². The zero-order valence-electron chi connectivity index (χ0n) is 17.1. The second-order valence-electron chi connectivity index (χ2n) is 7.20. The van der Waals surface area contributed by atoms with Crippen molar-refractivity contribution >= 4 is 27.9 Å². The van der Waals surface area contributed by atoms with Crippen LogP contribution in [-0.2, 0) is 11.3 Å². The molecule has 0 saturated carbocycles. The molecule has 2 aromatic carbocycles. The van der Waals surface area contributed by atoms with E-state index in [4.69, 9.17) is 14.2 Å². The van der Waals surface area contributed by atoms with Crippen LogP contribution in [0.1, 0.15) is 19.4 Å². The molecular weight excluding hydrogens is 382 g/mol. The van der Waals surface area contributed by atoms with E-state index in [9.17, 15) is 4.79 Å². The number of methoxy groups -OCH3 is 1. The number of aromatic amines is 1. The number of carbonyl (C=O) groups is 1. The number of hydrogen-bond acceptors (Lipinski definition) is 5. The molecule has 1 amide bonds. The van der Waals surface area contributed by atoms with E-state index in [1.54, 1.807) is 13.3 Å². The highest BCUT2D eigenvalue weighted by molar-refractivity contribution is 6.09. The van der Waals surface area contributed by atoms with Crippen LogP contribution in [0.25, 0.3) is 21.8 Å². The van der Waals surface area contributed by atoms with Crippen molar-refractivity contribution < 1.29 is 19.0 Å². The maximum Gasteiger partial charge on any atom is 0.414 e. The molecule has 0 fully saturated rings. The minimum atomic E-state index is -0.554. The number of pyridine rings is 1. The van der Waals surface area contributed by atoms with Crippen LogP contribution < -0.4 is 14.8 Å². The summed E-state index contributed by atoms with van der Waals surface area (Å²) in [6.07, 6.45) is 1.10. The van der Waals surface area contributed by atoms with Crippen LogP contribution in [-0.4, -0.2) is 29.2 Å². The Labute approximate surface area is 174 Å². The van der Waals surface area contributed by atoms with Crippen LogP contribution in [0.15, 0.2) is 54.7 Å². The van der Waals surface area contributed by atoms with Crippen molar-refractivity contribution in [3.8, 4) is 17.4 Å². The van der Waals surface area contributed by atoms with Crippen molar-refractivity contribution in [2.45, 2.75) is 26.5 Å². The number of carbonyl (C=O) groups excluding carboxylic acids is 1. The fraction of sp³-hybridized carbons (Fsp3) is 0.217. The largest absolute Gasteiger partial charge is 0.457 e. The first kappa shape index (κ1) is 19.7. The number of benzene rings is 2. The highest BCUT2D eigenvalue weighted by atomic mass is 16.6. The highest BCUT2D eigenvalue weighted by Crippen LogP contribution is 2.35. The molecule has 7 nitrogen and oxygen atoms in total. The van der Waals surface area contributed by atoms with Crippen molar-refractivity contribution in [2.24, 2.45) is 0 Å². The number of hydrogen-bond donors (Lipinski definition) is 2. The number of nitrogens with zero attached hydrogens (tertiary/aromatic N) is 1. The summed E-state index contributed by atoms with van der Waals surface area (Å²) in [5.41, 5.74) is 2.44. The van der Waals surface area contributed by atoms with E-state index in [2.05, 4.69) is 15.3 Å². The second-order valence-corrected chi connectivity index (χ2v) is 7.20. The van der Waals surface area contributed by atoms with E-state index in [1.807, 2.05) is 62.4 Å². The van der Waals surface area contributed by atoms with Crippen LogP contribution in [0.3, 0.4) is 0 Å². The third-order valence-electron chi connectivity index (χ3n) is 4.53. The maximum atomic E-state index is 12.1. The quantitative estimate of drug-likeness (QED) is 0.463. The number of H-pyrrole nitrogens is 1. The summed E-state index contributed by atoms with van der Waals surface area (Å²) in [7, 11) is 1.59. The van der Waals surface area contributed by atoms with Crippen LogP contribution >= 0.6 is 0 Å². The first-order valence-electron chi connectivity index (χ1n) is 9.68. The number of fused-ring (bicyclic) bond motifs is 3. The van der Waals surface area contributed by atoms with Gasteiger partial charge in [0.2, 0.25) is 5.88 Å². The lowest BCUT2D eigenvalue weighted by molar-refractivity contribution is 0.176. The molecule has 0 aliphatic carbocycles. The van der Waals surface area contributed by atoms with Gasteiger partial charge in [-0.3, -0.25) is 0 Å². The van der Waals surface area contributed by atoms with Gasteiger partial charge in [0.25, 0.3) is 0 Å². The highest BCUT2D eigenvalue weighted by Gasteiger charge is 2.18. The molecule has 0 spiro atoms. The molecule has 0 unspecified atom stereocenters. The van der Waals surface area contributed by atoms with Gasteiger partial charge < -0.3 is 24.5 Å². The maximum absolute atomic E-state index is 12.1. The molecule has 0 aliphatic rings. The summed E-state index contributed by atoms with van der Waals surface area (Å²) in [5.74, 6) is 1.68. The van der Waals surface area contributed by atoms with E-state index in [-0.39, 0.29) is 18.5 Å². The van der Waals surface area contributed by atoms with Crippen LogP contribution in [0.5, 0.6) is 17.4 Å². The third kappa shape index (κ3) is 4.06. The zero-order chi connectivity index (χ0) is 21.1. The predicted octanol–water partition coefficient (Wildman–Crippen LogP) is 5.15. The SMILES string of the molecule is COCc1c(OC(=O)NC(C)C)ncc2[nH]c3ccc(Oc4ccccc4)cc3c12. The molecule has 2 N–H and O–H groups in total. The lowest BCUT2D eigenvalue weighted by atomic mass is 10.1. The average Bonchev–Trinajstić information content (AvgIpc) is 3.08. The topological polar surface area (TPSA) is 85.5 Å². The van der Waals surface area contributed by atoms with Gasteiger partial charge in [0.1, 0.15) is 11.5 Å². The number of nitrogens with one attached hydrogen (secondary N) is 2. The predicted molar refractivity (Wildman–Crippen MR) is 115 cm³/mol. The Bertz CT molecular complexity index is 1190. The lowest BCUT2D eigenvalue weighted by Crippen LogP contribution is -2.33. The molecule has 2 heterocycles. The summed E-state index contributed by atoms with van der Waals surface area (Å²) >= 11 is 0. The number of aromatic nitrogens is 2. The number of amides is 1. The van der Waals surface area contributed by atoms with Gasteiger partial charge in [0, 0.05) is 29.4 Å². The van der Waals surface area contributed by atoms with Crippen LogP contribution in [0.4, 0.5) is 4.79 Å². The standard InChI is InChI=1S/C23H23N3O4/c1-14(2)25-23(27)30-22-18(13-28-3)21-17-11-16(29-15-7-5-4-6-8-15)9-10-19(17)26-20(21)12-24-22/h4-12,14,26H,13H2,1-3H3,(H,25,27). The van der Waals surface area contributed by atoms with Crippen molar-refractivity contribution in [1.29, 1.82) is 0 Å². The number of para-hydroxylation sites is 1. The van der Waals surface area contributed by atoms with E-state index < -0.39 is 6.09 Å². The van der Waals surface area contributed by atoms with Gasteiger partial charge in [-0.1, -0.05) is 18.2 Å². The summed E-state index contributed by atoms with van der Waals surface area (Å²) in [6.45, 7) is 3.97. The Morgan fingerprint density at radius 3 is 2.63 bits per heavy atom. The second kappa shape index (κ2) is 8.42. The average molecular weight is 405 g/mol. The normalized spacial score (nSPS) is 11.2. The Kier molecular flexibility index (Phi) is 5.54. The monoisotopic (exact) mass is 405 g/mol. The van der Waals surface area contributed by atoms with Gasteiger partial charge in [-0.15, -0.1) is 0 Å². The molecule has 30 heavy (non-hydrogen) atoms. The van der Waals surface area contributed by atoms with Crippen LogP contribution in [0, 0.1) is 0 Å².